The molecule has 32 heavy (non-hydrogen) atoms. The van der Waals surface area contributed by atoms with Crippen LogP contribution in [0.15, 0.2) is 78.6 Å². The molecule has 6 rings (SSSR count). The highest BCUT2D eigenvalue weighted by molar-refractivity contribution is 6.30. The van der Waals surface area contributed by atoms with Gasteiger partial charge >= 0.3 is 0 Å². The van der Waals surface area contributed by atoms with Crippen molar-refractivity contribution in [3.05, 3.63) is 111 Å². The number of anilines is 1. The van der Waals surface area contributed by atoms with E-state index >= 15 is 0 Å². The number of rotatable bonds is 2. The summed E-state index contributed by atoms with van der Waals surface area (Å²) >= 11 is 6.39. The van der Waals surface area contributed by atoms with Gasteiger partial charge in [0.25, 0.3) is 0 Å². The zero-order valence-electron chi connectivity index (χ0n) is 17.7. The third kappa shape index (κ3) is 3.00. The average molecular weight is 441 g/mol. The number of hydrogen-bond acceptors (Lipinski definition) is 4. The van der Waals surface area contributed by atoms with E-state index in [1.807, 2.05) is 22.9 Å². The van der Waals surface area contributed by atoms with Crippen molar-refractivity contribution < 1.29 is 4.74 Å². The second-order valence-corrected chi connectivity index (χ2v) is 8.78. The molecular weight excluding hydrogens is 420 g/mol. The number of ether oxygens (including phenoxy) is 1. The van der Waals surface area contributed by atoms with Crippen LogP contribution in [0.3, 0.4) is 0 Å². The predicted molar refractivity (Wildman–Crippen MR) is 126 cm³/mol. The summed E-state index contributed by atoms with van der Waals surface area (Å²) in [4.78, 5) is 4.48. The first-order valence-electron chi connectivity index (χ1n) is 10.6. The van der Waals surface area contributed by atoms with Gasteiger partial charge in [-0.15, -0.1) is 0 Å². The Labute approximate surface area is 191 Å². The van der Waals surface area contributed by atoms with Gasteiger partial charge in [-0.2, -0.15) is 10.1 Å². The maximum absolute atomic E-state index is 6.63. The topological polar surface area (TPSA) is 52.0 Å². The molecule has 0 spiro atoms. The number of fused-ring (bicyclic) bond motifs is 3. The number of nitrogens with zero attached hydrogens (tertiary/aromatic N) is 3. The lowest BCUT2D eigenvalue weighted by Crippen LogP contribution is -2.32. The molecule has 0 unspecified atom stereocenters. The minimum absolute atomic E-state index is 0.164. The van der Waals surface area contributed by atoms with Crippen LogP contribution in [0.25, 0.3) is 5.70 Å². The number of aromatic nitrogens is 3. The molecule has 0 fully saturated rings. The maximum Gasteiger partial charge on any atom is 0.226 e. The third-order valence-electron chi connectivity index (χ3n) is 6.15. The molecule has 1 aromatic heterocycles. The fraction of sp³-hybridized carbons (Fsp3) is 0.154. The van der Waals surface area contributed by atoms with Crippen LogP contribution in [0.5, 0.6) is 5.75 Å². The van der Waals surface area contributed by atoms with Crippen LogP contribution in [0.1, 0.15) is 40.0 Å². The Balaban J connectivity index is 1.63. The van der Waals surface area contributed by atoms with Gasteiger partial charge in [0.2, 0.25) is 5.95 Å². The van der Waals surface area contributed by atoms with Gasteiger partial charge in [0.15, 0.2) is 0 Å². The lowest BCUT2D eigenvalue weighted by molar-refractivity contribution is 0.223. The van der Waals surface area contributed by atoms with Gasteiger partial charge in [0, 0.05) is 16.2 Å². The number of benzene rings is 3. The largest absolute Gasteiger partial charge is 0.480 e. The Morgan fingerprint density at radius 1 is 0.906 bits per heavy atom. The summed E-state index contributed by atoms with van der Waals surface area (Å²) in [7, 11) is 0. The number of aryl methyl sites for hydroxylation is 2. The van der Waals surface area contributed by atoms with Crippen molar-refractivity contribution in [3.63, 3.8) is 0 Å². The number of nitrogens with one attached hydrogen (secondary N) is 1. The van der Waals surface area contributed by atoms with Gasteiger partial charge in [-0.05, 0) is 43.2 Å². The minimum atomic E-state index is -0.282. The SMILES string of the molecule is Cc1ccc([C@H]2Oc3ccc(Cl)cc3C3=C2[C@@H](c2ccc(C)cc2)n2ncnc2N3)cc1. The highest BCUT2D eigenvalue weighted by atomic mass is 35.5. The Morgan fingerprint density at radius 3 is 2.31 bits per heavy atom. The van der Waals surface area contributed by atoms with E-state index in [1.54, 1.807) is 6.33 Å². The summed E-state index contributed by atoms with van der Waals surface area (Å²) in [5.74, 6) is 1.49. The van der Waals surface area contributed by atoms with Crippen LogP contribution in [-0.2, 0) is 0 Å². The first kappa shape index (κ1) is 19.1. The molecular formula is C26H21ClN4O. The zero-order valence-corrected chi connectivity index (χ0v) is 18.5. The summed E-state index contributed by atoms with van der Waals surface area (Å²) in [5.41, 5.74) is 7.64. The Bertz CT molecular complexity index is 1360. The summed E-state index contributed by atoms with van der Waals surface area (Å²) in [6.07, 6.45) is 1.30. The Kier molecular flexibility index (Phi) is 4.33. The van der Waals surface area contributed by atoms with Crippen molar-refractivity contribution in [2.75, 3.05) is 5.32 Å². The summed E-state index contributed by atoms with van der Waals surface area (Å²) in [6, 6.07) is 22.7. The van der Waals surface area contributed by atoms with Crippen molar-refractivity contribution in [1.29, 1.82) is 0 Å². The molecule has 0 amide bonds. The van der Waals surface area contributed by atoms with E-state index in [1.165, 1.54) is 11.1 Å². The van der Waals surface area contributed by atoms with Crippen LogP contribution < -0.4 is 10.1 Å². The lowest BCUT2D eigenvalue weighted by atomic mass is 9.84. The molecule has 5 nitrogen and oxygen atoms in total. The minimum Gasteiger partial charge on any atom is -0.480 e. The fourth-order valence-electron chi connectivity index (χ4n) is 4.53. The molecule has 0 bridgehead atoms. The van der Waals surface area contributed by atoms with Crippen LogP contribution in [0, 0.1) is 13.8 Å². The first-order chi connectivity index (χ1) is 15.6. The van der Waals surface area contributed by atoms with E-state index < -0.39 is 0 Å². The van der Waals surface area contributed by atoms with Crippen molar-refractivity contribution in [1.82, 2.24) is 14.8 Å². The van der Waals surface area contributed by atoms with Gasteiger partial charge in [-0.3, -0.25) is 0 Å². The predicted octanol–water partition coefficient (Wildman–Crippen LogP) is 6.11. The van der Waals surface area contributed by atoms with Gasteiger partial charge in [0.05, 0.1) is 5.70 Å². The van der Waals surface area contributed by atoms with Crippen molar-refractivity contribution in [3.8, 4) is 5.75 Å². The van der Waals surface area contributed by atoms with Crippen molar-refractivity contribution in [2.24, 2.45) is 0 Å². The lowest BCUT2D eigenvalue weighted by Gasteiger charge is -2.39. The molecule has 3 heterocycles. The summed E-state index contributed by atoms with van der Waals surface area (Å²) < 4.78 is 8.57. The molecule has 2 aliphatic heterocycles. The number of halogens is 1. The molecule has 1 N–H and O–H groups in total. The van der Waals surface area contributed by atoms with Crippen LogP contribution in [-0.4, -0.2) is 14.8 Å². The molecule has 2 aliphatic rings. The van der Waals surface area contributed by atoms with Gasteiger partial charge in [0.1, 0.15) is 24.2 Å². The summed E-state index contributed by atoms with van der Waals surface area (Å²) in [5, 5.41) is 8.75. The normalized spacial score (nSPS) is 18.8. The summed E-state index contributed by atoms with van der Waals surface area (Å²) in [6.45, 7) is 4.18. The molecule has 0 aliphatic carbocycles. The Hall–Kier alpha value is -3.57. The maximum atomic E-state index is 6.63. The smallest absolute Gasteiger partial charge is 0.226 e. The standard InChI is InChI=1S/C26H21ClN4O/c1-15-3-7-17(8-4-15)24-22-23(30-26-28-14-29-31(24)26)20-13-19(27)11-12-21(20)32-25(22)18-9-5-16(2)6-10-18/h3-14,24-25H,1-2H3,(H,28,29,30)/t24-,25-/m1/s1. The van der Waals surface area contributed by atoms with Crippen LogP contribution in [0.2, 0.25) is 5.02 Å². The van der Waals surface area contributed by atoms with E-state index in [9.17, 15) is 0 Å². The van der Waals surface area contributed by atoms with E-state index in [2.05, 4.69) is 77.8 Å². The molecule has 0 saturated carbocycles. The number of hydrogen-bond donors (Lipinski definition) is 1. The highest BCUT2D eigenvalue weighted by Crippen LogP contribution is 2.51. The quantitative estimate of drug-likeness (QED) is 0.408. The van der Waals surface area contributed by atoms with Gasteiger partial charge in [-0.1, -0.05) is 71.3 Å². The first-order valence-corrected chi connectivity index (χ1v) is 11.0. The molecule has 158 valence electrons. The van der Waals surface area contributed by atoms with Crippen molar-refractivity contribution >= 4 is 23.2 Å². The van der Waals surface area contributed by atoms with Gasteiger partial charge in [-0.25, -0.2) is 4.68 Å². The van der Waals surface area contributed by atoms with E-state index in [-0.39, 0.29) is 12.1 Å². The van der Waals surface area contributed by atoms with E-state index in [0.29, 0.717) is 11.0 Å². The highest BCUT2D eigenvalue weighted by Gasteiger charge is 2.40. The monoisotopic (exact) mass is 440 g/mol. The van der Waals surface area contributed by atoms with Gasteiger partial charge < -0.3 is 10.1 Å². The molecule has 0 radical (unpaired) electrons. The molecule has 4 aromatic rings. The zero-order chi connectivity index (χ0) is 21.8. The molecule has 0 saturated heterocycles. The van der Waals surface area contributed by atoms with Crippen LogP contribution >= 0.6 is 11.6 Å². The second-order valence-electron chi connectivity index (χ2n) is 8.35. The molecule has 3 aromatic carbocycles. The fourth-order valence-corrected chi connectivity index (χ4v) is 4.70. The second kappa shape index (κ2) is 7.24. The third-order valence-corrected chi connectivity index (χ3v) is 6.38. The molecule has 6 heteroatoms. The molecule has 2 atom stereocenters. The average Bonchev–Trinajstić information content (AvgIpc) is 3.27. The van der Waals surface area contributed by atoms with E-state index in [0.717, 1.165) is 33.7 Å². The van der Waals surface area contributed by atoms with Crippen LogP contribution in [0.4, 0.5) is 5.95 Å². The van der Waals surface area contributed by atoms with Crippen molar-refractivity contribution in [2.45, 2.75) is 26.0 Å². The van der Waals surface area contributed by atoms with E-state index in [4.69, 9.17) is 16.3 Å². The Morgan fingerprint density at radius 2 is 1.59 bits per heavy atom.